The van der Waals surface area contributed by atoms with Gasteiger partial charge in [0.2, 0.25) is 0 Å². The van der Waals surface area contributed by atoms with Gasteiger partial charge in [0.25, 0.3) is 0 Å². The van der Waals surface area contributed by atoms with Crippen LogP contribution in [-0.2, 0) is 17.8 Å². The molecule has 0 aliphatic carbocycles. The van der Waals surface area contributed by atoms with Crippen LogP contribution in [-0.4, -0.2) is 19.3 Å². The quantitative estimate of drug-likeness (QED) is 0.831. The van der Waals surface area contributed by atoms with E-state index in [1.165, 1.54) is 11.1 Å². The van der Waals surface area contributed by atoms with Gasteiger partial charge in [-0.1, -0.05) is 6.07 Å². The summed E-state index contributed by atoms with van der Waals surface area (Å²) in [6, 6.07) is 6.32. The van der Waals surface area contributed by atoms with Crippen molar-refractivity contribution in [3.05, 3.63) is 29.3 Å². The minimum absolute atomic E-state index is 0. The number of rotatable bonds is 7. The highest BCUT2D eigenvalue weighted by molar-refractivity contribution is 5.85. The molecule has 0 aliphatic rings. The van der Waals surface area contributed by atoms with E-state index in [1.807, 2.05) is 32.9 Å². The largest absolute Gasteiger partial charge is 0.494 e. The summed E-state index contributed by atoms with van der Waals surface area (Å²) < 4.78 is 11.0. The molecular weight excluding hydrogens is 250 g/mol. The molecule has 0 fully saturated rings. The smallest absolute Gasteiger partial charge is 0.122 e. The number of nitrogens with two attached hydrogens (primary N) is 1. The van der Waals surface area contributed by atoms with Crippen LogP contribution in [0.5, 0.6) is 5.75 Å². The van der Waals surface area contributed by atoms with E-state index in [-0.39, 0.29) is 18.4 Å². The van der Waals surface area contributed by atoms with Gasteiger partial charge in [0.1, 0.15) is 5.75 Å². The molecule has 0 aliphatic heterocycles. The summed E-state index contributed by atoms with van der Waals surface area (Å²) >= 11 is 0. The van der Waals surface area contributed by atoms with Gasteiger partial charge >= 0.3 is 0 Å². The fraction of sp³-hybridized carbons (Fsp3) is 0.571. The maximum atomic E-state index is 5.85. The van der Waals surface area contributed by atoms with E-state index in [4.69, 9.17) is 15.2 Å². The molecule has 0 heterocycles. The first-order valence-electron chi connectivity index (χ1n) is 6.25. The molecule has 0 spiro atoms. The Balaban J connectivity index is 0.00000289. The fourth-order valence-electron chi connectivity index (χ4n) is 1.75. The molecule has 18 heavy (non-hydrogen) atoms. The molecule has 4 heteroatoms. The molecule has 104 valence electrons. The molecule has 0 saturated heterocycles. The average Bonchev–Trinajstić information content (AvgIpc) is 2.29. The van der Waals surface area contributed by atoms with Crippen LogP contribution in [0.1, 0.15) is 31.9 Å². The van der Waals surface area contributed by atoms with E-state index in [2.05, 4.69) is 6.07 Å². The Morgan fingerprint density at radius 2 is 1.94 bits per heavy atom. The van der Waals surface area contributed by atoms with Gasteiger partial charge in [-0.2, -0.15) is 0 Å². The van der Waals surface area contributed by atoms with Crippen LogP contribution < -0.4 is 10.5 Å². The van der Waals surface area contributed by atoms with E-state index in [0.29, 0.717) is 13.2 Å². The third kappa shape index (κ3) is 5.71. The summed E-state index contributed by atoms with van der Waals surface area (Å²) in [6.45, 7) is 8.05. The lowest BCUT2D eigenvalue weighted by Gasteiger charge is -2.14. The predicted molar refractivity (Wildman–Crippen MR) is 77.5 cm³/mol. The maximum Gasteiger partial charge on any atom is 0.122 e. The summed E-state index contributed by atoms with van der Waals surface area (Å²) in [4.78, 5) is 0. The first kappa shape index (κ1) is 17.2. The second-order valence-corrected chi connectivity index (χ2v) is 4.19. The van der Waals surface area contributed by atoms with Gasteiger partial charge in [0.15, 0.2) is 0 Å². The van der Waals surface area contributed by atoms with Crippen molar-refractivity contribution in [1.82, 2.24) is 0 Å². The van der Waals surface area contributed by atoms with Crippen LogP contribution in [0.15, 0.2) is 18.2 Å². The summed E-state index contributed by atoms with van der Waals surface area (Å²) in [5, 5.41) is 0. The normalized spacial score (nSPS) is 11.8. The van der Waals surface area contributed by atoms with Gasteiger partial charge < -0.3 is 15.2 Å². The molecule has 1 unspecified atom stereocenters. The van der Waals surface area contributed by atoms with E-state index in [1.54, 1.807) is 0 Å². The highest BCUT2D eigenvalue weighted by Crippen LogP contribution is 2.22. The van der Waals surface area contributed by atoms with Crippen molar-refractivity contribution in [3.63, 3.8) is 0 Å². The van der Waals surface area contributed by atoms with E-state index in [0.717, 1.165) is 18.8 Å². The SMILES string of the molecule is CCOCc1ccc(OCC)c(CC(C)N)c1.Cl. The Morgan fingerprint density at radius 3 is 2.50 bits per heavy atom. The van der Waals surface area contributed by atoms with Gasteiger partial charge in [0.05, 0.1) is 13.2 Å². The molecule has 1 aromatic rings. The Hall–Kier alpha value is -0.770. The maximum absolute atomic E-state index is 5.85. The molecule has 1 rings (SSSR count). The Bertz CT molecular complexity index is 343. The van der Waals surface area contributed by atoms with Crippen LogP contribution in [0, 0.1) is 0 Å². The molecule has 1 atom stereocenters. The summed E-state index contributed by atoms with van der Waals surface area (Å²) in [5.41, 5.74) is 8.19. The lowest BCUT2D eigenvalue weighted by Crippen LogP contribution is -2.18. The third-order valence-corrected chi connectivity index (χ3v) is 2.44. The van der Waals surface area contributed by atoms with Crippen molar-refractivity contribution in [2.45, 2.75) is 39.8 Å². The third-order valence-electron chi connectivity index (χ3n) is 2.44. The molecule has 0 aromatic heterocycles. The number of hydrogen-bond acceptors (Lipinski definition) is 3. The predicted octanol–water partition coefficient (Wildman–Crippen LogP) is 2.93. The number of ether oxygens (including phenoxy) is 2. The second-order valence-electron chi connectivity index (χ2n) is 4.19. The number of halogens is 1. The summed E-state index contributed by atoms with van der Waals surface area (Å²) in [6.07, 6.45) is 0.829. The molecule has 1 aromatic carbocycles. The van der Waals surface area contributed by atoms with Gasteiger partial charge in [-0.25, -0.2) is 0 Å². The van der Waals surface area contributed by atoms with Crippen LogP contribution in [0.2, 0.25) is 0 Å². The van der Waals surface area contributed by atoms with Crippen molar-refractivity contribution in [3.8, 4) is 5.75 Å². The lowest BCUT2D eigenvalue weighted by atomic mass is 10.0. The monoisotopic (exact) mass is 273 g/mol. The molecular formula is C14H24ClNO2. The first-order chi connectivity index (χ1) is 8.17. The standard InChI is InChI=1S/C14H23NO2.ClH/c1-4-16-10-12-6-7-14(17-5-2)13(9-12)8-11(3)15;/h6-7,9,11H,4-5,8,10,15H2,1-3H3;1H. The van der Waals surface area contributed by atoms with Crippen LogP contribution in [0.4, 0.5) is 0 Å². The van der Waals surface area contributed by atoms with E-state index < -0.39 is 0 Å². The van der Waals surface area contributed by atoms with Gasteiger partial charge in [-0.05, 0) is 50.5 Å². The molecule has 0 amide bonds. The zero-order valence-corrected chi connectivity index (χ0v) is 12.3. The summed E-state index contributed by atoms with van der Waals surface area (Å²) in [7, 11) is 0. The minimum atomic E-state index is 0. The van der Waals surface area contributed by atoms with Crippen molar-refractivity contribution in [2.24, 2.45) is 5.73 Å². The average molecular weight is 274 g/mol. The van der Waals surface area contributed by atoms with E-state index in [9.17, 15) is 0 Å². The van der Waals surface area contributed by atoms with E-state index >= 15 is 0 Å². The molecule has 0 saturated carbocycles. The zero-order chi connectivity index (χ0) is 12.7. The topological polar surface area (TPSA) is 44.5 Å². The van der Waals surface area contributed by atoms with Crippen molar-refractivity contribution in [2.75, 3.05) is 13.2 Å². The highest BCUT2D eigenvalue weighted by atomic mass is 35.5. The zero-order valence-electron chi connectivity index (χ0n) is 11.4. The second kappa shape index (κ2) is 9.20. The van der Waals surface area contributed by atoms with Crippen LogP contribution >= 0.6 is 12.4 Å². The molecule has 2 N–H and O–H groups in total. The fourth-order valence-corrected chi connectivity index (χ4v) is 1.75. The number of hydrogen-bond donors (Lipinski definition) is 1. The van der Waals surface area contributed by atoms with Crippen molar-refractivity contribution < 1.29 is 9.47 Å². The Kier molecular flexibility index (Phi) is 8.81. The Morgan fingerprint density at radius 1 is 1.22 bits per heavy atom. The van der Waals surface area contributed by atoms with Crippen molar-refractivity contribution in [1.29, 1.82) is 0 Å². The molecule has 3 nitrogen and oxygen atoms in total. The lowest BCUT2D eigenvalue weighted by molar-refractivity contribution is 0.134. The first-order valence-corrected chi connectivity index (χ1v) is 6.25. The van der Waals surface area contributed by atoms with Crippen molar-refractivity contribution >= 4 is 12.4 Å². The van der Waals surface area contributed by atoms with Crippen LogP contribution in [0.25, 0.3) is 0 Å². The number of benzene rings is 1. The van der Waals surface area contributed by atoms with Gasteiger partial charge in [-0.3, -0.25) is 0 Å². The van der Waals surface area contributed by atoms with Gasteiger partial charge in [-0.15, -0.1) is 12.4 Å². The minimum Gasteiger partial charge on any atom is -0.494 e. The summed E-state index contributed by atoms with van der Waals surface area (Å²) in [5.74, 6) is 0.935. The highest BCUT2D eigenvalue weighted by Gasteiger charge is 2.07. The van der Waals surface area contributed by atoms with Crippen LogP contribution in [0.3, 0.4) is 0 Å². The molecule has 0 radical (unpaired) electrons. The molecule has 0 bridgehead atoms. The van der Waals surface area contributed by atoms with Gasteiger partial charge in [0, 0.05) is 12.6 Å². The Labute approximate surface area is 116 Å².